The van der Waals surface area contributed by atoms with E-state index in [1.165, 1.54) is 12.7 Å². The van der Waals surface area contributed by atoms with Crippen molar-refractivity contribution in [3.63, 3.8) is 0 Å². The van der Waals surface area contributed by atoms with E-state index in [0.717, 1.165) is 29.8 Å². The first-order valence-corrected chi connectivity index (χ1v) is 9.91. The molecule has 0 fully saturated rings. The van der Waals surface area contributed by atoms with Crippen molar-refractivity contribution in [2.75, 3.05) is 20.2 Å². The second-order valence-corrected chi connectivity index (χ2v) is 7.21. The van der Waals surface area contributed by atoms with E-state index in [1.807, 2.05) is 49.4 Å². The van der Waals surface area contributed by atoms with Crippen molar-refractivity contribution < 1.29 is 9.53 Å². The highest BCUT2D eigenvalue weighted by Gasteiger charge is 2.28. The van der Waals surface area contributed by atoms with Crippen LogP contribution in [0.2, 0.25) is 0 Å². The Morgan fingerprint density at radius 3 is 2.41 bits per heavy atom. The van der Waals surface area contributed by atoms with E-state index < -0.39 is 0 Å². The van der Waals surface area contributed by atoms with Crippen molar-refractivity contribution in [1.82, 2.24) is 14.0 Å². The monoisotopic (exact) mass is 391 g/mol. The van der Waals surface area contributed by atoms with Crippen molar-refractivity contribution in [2.24, 2.45) is 0 Å². The minimum absolute atomic E-state index is 0.110. The van der Waals surface area contributed by atoms with Crippen LogP contribution in [0.1, 0.15) is 18.9 Å². The molecule has 0 radical (unpaired) electrons. The smallest absolute Gasteiger partial charge is 0.336 e. The number of benzene rings is 2. The van der Waals surface area contributed by atoms with Gasteiger partial charge in [0.25, 0.3) is 0 Å². The number of rotatable bonds is 5. The Balaban J connectivity index is 1.79. The Morgan fingerprint density at radius 1 is 1.03 bits per heavy atom. The predicted molar refractivity (Wildman–Crippen MR) is 113 cm³/mol. The first-order valence-electron chi connectivity index (χ1n) is 9.91. The van der Waals surface area contributed by atoms with Crippen LogP contribution in [-0.2, 0) is 22.6 Å². The van der Waals surface area contributed by atoms with Crippen LogP contribution in [0.25, 0.3) is 16.7 Å². The summed E-state index contributed by atoms with van der Waals surface area (Å²) >= 11 is 0. The number of aryl methyl sites for hydroxylation is 1. The molecular weight excluding hydrogens is 366 g/mol. The van der Waals surface area contributed by atoms with Gasteiger partial charge in [0.1, 0.15) is 0 Å². The molecule has 0 saturated carbocycles. The third-order valence-corrected chi connectivity index (χ3v) is 5.50. The average Bonchev–Trinajstić information content (AvgIpc) is 3.05. The Hall–Kier alpha value is -3.12. The van der Waals surface area contributed by atoms with Crippen molar-refractivity contribution in [1.29, 1.82) is 0 Å². The molecule has 2 aromatic carbocycles. The van der Waals surface area contributed by atoms with Crippen molar-refractivity contribution >= 4 is 22.7 Å². The number of hydrogen-bond acceptors (Lipinski definition) is 4. The molecular formula is C23H25N3O3. The third-order valence-electron chi connectivity index (χ3n) is 5.50. The van der Waals surface area contributed by atoms with E-state index in [4.69, 9.17) is 4.74 Å². The Morgan fingerprint density at radius 2 is 1.72 bits per heavy atom. The van der Waals surface area contributed by atoms with Crippen LogP contribution in [-0.4, -0.2) is 40.2 Å². The van der Waals surface area contributed by atoms with Crippen LogP contribution in [0.3, 0.4) is 0 Å². The molecule has 0 bridgehead atoms. The molecule has 150 valence electrons. The molecule has 0 saturated heterocycles. The van der Waals surface area contributed by atoms with E-state index in [0.29, 0.717) is 25.1 Å². The van der Waals surface area contributed by atoms with E-state index in [9.17, 15) is 9.59 Å². The van der Waals surface area contributed by atoms with Crippen molar-refractivity contribution in [2.45, 2.75) is 26.4 Å². The Bertz CT molecular complexity index is 1130. The number of imidazole rings is 1. The minimum Gasteiger partial charge on any atom is -0.466 e. The van der Waals surface area contributed by atoms with Crippen LogP contribution < -0.4 is 5.69 Å². The van der Waals surface area contributed by atoms with Crippen molar-refractivity contribution in [3.8, 4) is 0 Å². The van der Waals surface area contributed by atoms with Gasteiger partial charge >= 0.3 is 11.7 Å². The number of ether oxygens (including phenoxy) is 1. The Kier molecular flexibility index (Phi) is 5.36. The van der Waals surface area contributed by atoms with Gasteiger partial charge in [-0.25, -0.2) is 9.59 Å². The summed E-state index contributed by atoms with van der Waals surface area (Å²) in [7, 11) is 1.39. The second-order valence-electron chi connectivity index (χ2n) is 7.21. The van der Waals surface area contributed by atoms with E-state index >= 15 is 0 Å². The van der Waals surface area contributed by atoms with Crippen LogP contribution >= 0.6 is 0 Å². The lowest BCUT2D eigenvalue weighted by atomic mass is 10.0. The summed E-state index contributed by atoms with van der Waals surface area (Å²) in [6.07, 6.45) is 0.606. The van der Waals surface area contributed by atoms with E-state index in [2.05, 4.69) is 17.0 Å². The predicted octanol–water partition coefficient (Wildman–Crippen LogP) is 3.11. The van der Waals surface area contributed by atoms with E-state index in [-0.39, 0.29) is 11.7 Å². The van der Waals surface area contributed by atoms with Crippen LogP contribution in [0.15, 0.2) is 65.0 Å². The van der Waals surface area contributed by atoms with Crippen LogP contribution in [0.5, 0.6) is 0 Å². The largest absolute Gasteiger partial charge is 0.466 e. The molecule has 1 aromatic heterocycles. The number of methoxy groups -OCH3 is 1. The molecule has 6 nitrogen and oxygen atoms in total. The molecule has 0 amide bonds. The molecule has 0 spiro atoms. The van der Waals surface area contributed by atoms with Gasteiger partial charge < -0.3 is 4.74 Å². The second kappa shape index (κ2) is 8.09. The third kappa shape index (κ3) is 3.51. The SMILES string of the molecule is CCn1c(=O)n(C2=C(C(=O)OC)CN(Cc3ccccc3)CC2)c2ccccc21. The van der Waals surface area contributed by atoms with Gasteiger partial charge in [-0.1, -0.05) is 42.5 Å². The molecule has 0 unspecified atom stereocenters. The summed E-state index contributed by atoms with van der Waals surface area (Å²) in [4.78, 5) is 28.0. The fourth-order valence-corrected chi connectivity index (χ4v) is 4.11. The topological polar surface area (TPSA) is 56.5 Å². The number of hydrogen-bond donors (Lipinski definition) is 0. The lowest BCUT2D eigenvalue weighted by molar-refractivity contribution is -0.136. The maximum atomic E-state index is 13.2. The number of para-hydroxylation sites is 2. The lowest BCUT2D eigenvalue weighted by Gasteiger charge is -2.30. The lowest BCUT2D eigenvalue weighted by Crippen LogP contribution is -2.36. The molecule has 1 aliphatic heterocycles. The molecule has 29 heavy (non-hydrogen) atoms. The van der Waals surface area contributed by atoms with Crippen LogP contribution in [0.4, 0.5) is 0 Å². The van der Waals surface area contributed by atoms with Crippen LogP contribution in [0, 0.1) is 0 Å². The highest BCUT2D eigenvalue weighted by molar-refractivity contribution is 5.96. The molecule has 1 aliphatic rings. The number of esters is 1. The van der Waals surface area contributed by atoms with Gasteiger partial charge in [-0.3, -0.25) is 14.0 Å². The zero-order valence-corrected chi connectivity index (χ0v) is 16.8. The number of nitrogens with zero attached hydrogens (tertiary/aromatic N) is 3. The molecule has 6 heteroatoms. The molecule has 3 aromatic rings. The molecule has 0 aliphatic carbocycles. The van der Waals surface area contributed by atoms with Gasteiger partial charge in [-0.05, 0) is 24.6 Å². The zero-order chi connectivity index (χ0) is 20.4. The molecule has 0 N–H and O–H groups in total. The molecule has 2 heterocycles. The van der Waals surface area contributed by atoms with Gasteiger partial charge in [0.15, 0.2) is 0 Å². The normalized spacial score (nSPS) is 15.1. The highest BCUT2D eigenvalue weighted by atomic mass is 16.5. The summed E-state index contributed by atoms with van der Waals surface area (Å²) in [6.45, 7) is 4.50. The molecule has 4 rings (SSSR count). The first kappa shape index (κ1) is 19.2. The average molecular weight is 391 g/mol. The standard InChI is InChI=1S/C23H25N3O3/c1-3-25-20-11-7-8-12-21(20)26(23(25)28)19-13-14-24(16-18(19)22(27)29-2)15-17-9-5-4-6-10-17/h4-12H,3,13-16H2,1-2H3. The minimum atomic E-state index is -0.377. The summed E-state index contributed by atoms with van der Waals surface area (Å²) in [6, 6.07) is 17.9. The zero-order valence-electron chi connectivity index (χ0n) is 16.8. The van der Waals surface area contributed by atoms with Gasteiger partial charge in [-0.2, -0.15) is 0 Å². The number of carbonyl (C=O) groups excluding carboxylic acids is 1. The fraction of sp³-hybridized carbons (Fsp3) is 0.304. The summed E-state index contributed by atoms with van der Waals surface area (Å²) in [5.74, 6) is -0.377. The van der Waals surface area contributed by atoms with Gasteiger partial charge in [-0.15, -0.1) is 0 Å². The quantitative estimate of drug-likeness (QED) is 0.627. The van der Waals surface area contributed by atoms with E-state index in [1.54, 1.807) is 9.13 Å². The number of fused-ring (bicyclic) bond motifs is 1. The Labute approximate surface area is 169 Å². The summed E-state index contributed by atoms with van der Waals surface area (Å²) in [5, 5.41) is 0. The van der Waals surface area contributed by atoms with Gasteiger partial charge in [0.2, 0.25) is 0 Å². The first-order chi connectivity index (χ1) is 14.1. The summed E-state index contributed by atoms with van der Waals surface area (Å²) in [5.41, 5.74) is 4.09. The van der Waals surface area contributed by atoms with Gasteiger partial charge in [0.05, 0.1) is 23.7 Å². The number of carbonyl (C=O) groups is 1. The van der Waals surface area contributed by atoms with Crippen molar-refractivity contribution in [3.05, 3.63) is 76.2 Å². The summed E-state index contributed by atoms with van der Waals surface area (Å²) < 4.78 is 8.52. The number of aromatic nitrogens is 2. The molecule has 0 atom stereocenters. The fourth-order valence-electron chi connectivity index (χ4n) is 4.11. The van der Waals surface area contributed by atoms with Gasteiger partial charge in [0, 0.05) is 38.3 Å². The maximum absolute atomic E-state index is 13.2. The highest BCUT2D eigenvalue weighted by Crippen LogP contribution is 2.27. The maximum Gasteiger partial charge on any atom is 0.336 e.